The molecule has 1 N–H and O–H groups in total. The molecule has 5 rings (SSSR count). The minimum atomic E-state index is 0.0269. The summed E-state index contributed by atoms with van der Waals surface area (Å²) in [5.41, 5.74) is 3.70. The molecule has 26 heavy (non-hydrogen) atoms. The maximum absolute atomic E-state index is 12.9. The van der Waals surface area contributed by atoms with Crippen molar-refractivity contribution in [3.8, 4) is 0 Å². The Kier molecular flexibility index (Phi) is 3.60. The molecule has 2 aromatic heterocycles. The lowest BCUT2D eigenvalue weighted by Crippen LogP contribution is -2.37. The van der Waals surface area contributed by atoms with E-state index < -0.39 is 0 Å². The first-order chi connectivity index (χ1) is 12.8. The van der Waals surface area contributed by atoms with E-state index in [1.54, 1.807) is 0 Å². The highest BCUT2D eigenvalue weighted by molar-refractivity contribution is 5.98. The number of carbonyl (C=O) groups excluding carboxylic acids is 1. The quantitative estimate of drug-likeness (QED) is 0.765. The van der Waals surface area contributed by atoms with Gasteiger partial charge in [-0.2, -0.15) is 0 Å². The van der Waals surface area contributed by atoms with Crippen LogP contribution < -0.4 is 4.90 Å². The van der Waals surface area contributed by atoms with Gasteiger partial charge in [0.2, 0.25) is 5.95 Å². The SMILES string of the molecule is O=C(c1ccc2[nH]ccc2c1)N1Cc2cnc(N3CCOCC3)nc2C1. The summed E-state index contributed by atoms with van der Waals surface area (Å²) >= 11 is 0. The molecule has 7 nitrogen and oxygen atoms in total. The zero-order valence-corrected chi connectivity index (χ0v) is 14.3. The molecule has 0 radical (unpaired) electrons. The number of amides is 1. The second-order valence-corrected chi connectivity index (χ2v) is 6.68. The zero-order chi connectivity index (χ0) is 17.5. The molecule has 4 heterocycles. The number of morpholine rings is 1. The standard InChI is InChI=1S/C19H19N5O2/c25-18(14-1-2-16-13(9-14)3-4-20-16)24-11-15-10-21-19(22-17(15)12-24)23-5-7-26-8-6-23/h1-4,9-10,20H,5-8,11-12H2. The van der Waals surface area contributed by atoms with Gasteiger partial charge in [0.25, 0.3) is 5.91 Å². The van der Waals surface area contributed by atoms with Crippen molar-refractivity contribution in [1.82, 2.24) is 19.9 Å². The molecule has 1 saturated heterocycles. The van der Waals surface area contributed by atoms with E-state index in [0.717, 1.165) is 41.2 Å². The summed E-state index contributed by atoms with van der Waals surface area (Å²) in [7, 11) is 0. The molecule has 0 spiro atoms. The number of anilines is 1. The second kappa shape index (κ2) is 6.10. The van der Waals surface area contributed by atoms with Crippen LogP contribution in [0.5, 0.6) is 0 Å². The van der Waals surface area contributed by atoms with E-state index >= 15 is 0 Å². The van der Waals surface area contributed by atoms with Crippen LogP contribution >= 0.6 is 0 Å². The molecule has 1 amide bonds. The Hall–Kier alpha value is -2.93. The van der Waals surface area contributed by atoms with Gasteiger partial charge in [-0.15, -0.1) is 0 Å². The number of aromatic amines is 1. The lowest BCUT2D eigenvalue weighted by molar-refractivity contribution is 0.0750. The normalized spacial score (nSPS) is 16.9. The van der Waals surface area contributed by atoms with Crippen molar-refractivity contribution in [1.29, 1.82) is 0 Å². The lowest BCUT2D eigenvalue weighted by Gasteiger charge is -2.26. The van der Waals surface area contributed by atoms with Crippen LogP contribution in [0.1, 0.15) is 21.6 Å². The van der Waals surface area contributed by atoms with Gasteiger partial charge in [-0.3, -0.25) is 4.79 Å². The predicted octanol–water partition coefficient (Wildman–Crippen LogP) is 1.95. The molecule has 0 saturated carbocycles. The van der Waals surface area contributed by atoms with Crippen LogP contribution in [0.25, 0.3) is 10.9 Å². The van der Waals surface area contributed by atoms with E-state index in [1.807, 2.05) is 41.6 Å². The van der Waals surface area contributed by atoms with Crippen molar-refractivity contribution >= 4 is 22.8 Å². The summed E-state index contributed by atoms with van der Waals surface area (Å²) in [6, 6.07) is 7.73. The number of rotatable bonds is 2. The molecule has 2 aliphatic rings. The van der Waals surface area contributed by atoms with Crippen LogP contribution in [0.4, 0.5) is 5.95 Å². The number of carbonyl (C=O) groups is 1. The van der Waals surface area contributed by atoms with Crippen LogP contribution in [0.15, 0.2) is 36.7 Å². The van der Waals surface area contributed by atoms with Gasteiger partial charge in [-0.25, -0.2) is 9.97 Å². The summed E-state index contributed by atoms with van der Waals surface area (Å²) in [5.74, 6) is 0.758. The molecular weight excluding hydrogens is 330 g/mol. The zero-order valence-electron chi connectivity index (χ0n) is 14.3. The number of nitrogens with one attached hydrogen (secondary N) is 1. The van der Waals surface area contributed by atoms with E-state index in [9.17, 15) is 4.79 Å². The van der Waals surface area contributed by atoms with Crippen molar-refractivity contribution in [2.75, 3.05) is 31.2 Å². The molecule has 0 atom stereocenters. The maximum Gasteiger partial charge on any atom is 0.254 e. The molecule has 132 valence electrons. The molecular formula is C19H19N5O2. The topological polar surface area (TPSA) is 74.4 Å². The monoisotopic (exact) mass is 349 g/mol. The molecule has 1 fully saturated rings. The van der Waals surface area contributed by atoms with Gasteiger partial charge in [-0.1, -0.05) is 0 Å². The van der Waals surface area contributed by atoms with Crippen molar-refractivity contribution in [3.63, 3.8) is 0 Å². The number of hydrogen-bond acceptors (Lipinski definition) is 5. The predicted molar refractivity (Wildman–Crippen MR) is 96.9 cm³/mol. The Morgan fingerprint density at radius 3 is 2.92 bits per heavy atom. The van der Waals surface area contributed by atoms with E-state index in [1.165, 1.54) is 0 Å². The Labute approximate surface area is 150 Å². The van der Waals surface area contributed by atoms with Crippen molar-refractivity contribution in [3.05, 3.63) is 53.5 Å². The Bertz CT molecular complexity index is 977. The van der Waals surface area contributed by atoms with Gasteiger partial charge in [0.05, 0.1) is 25.5 Å². The minimum Gasteiger partial charge on any atom is -0.378 e. The van der Waals surface area contributed by atoms with Crippen LogP contribution in [0, 0.1) is 0 Å². The number of aromatic nitrogens is 3. The maximum atomic E-state index is 12.9. The molecule has 3 aromatic rings. The van der Waals surface area contributed by atoms with Gasteiger partial charge in [0.1, 0.15) is 0 Å². The van der Waals surface area contributed by atoms with E-state index in [0.29, 0.717) is 31.9 Å². The third kappa shape index (κ3) is 2.61. The van der Waals surface area contributed by atoms with Crippen LogP contribution in [-0.2, 0) is 17.8 Å². The first kappa shape index (κ1) is 15.3. The molecule has 2 aliphatic heterocycles. The smallest absolute Gasteiger partial charge is 0.254 e. The van der Waals surface area contributed by atoms with Crippen LogP contribution in [0.3, 0.4) is 0 Å². The fraction of sp³-hybridized carbons (Fsp3) is 0.316. The highest BCUT2D eigenvalue weighted by atomic mass is 16.5. The summed E-state index contributed by atoms with van der Waals surface area (Å²) in [5, 5.41) is 1.04. The Morgan fingerprint density at radius 1 is 1.15 bits per heavy atom. The number of benzene rings is 1. The van der Waals surface area contributed by atoms with E-state index in [-0.39, 0.29) is 5.91 Å². The van der Waals surface area contributed by atoms with Gasteiger partial charge in [0, 0.05) is 54.1 Å². The number of ether oxygens (including phenoxy) is 1. The Balaban J connectivity index is 1.37. The third-order valence-electron chi connectivity index (χ3n) is 5.02. The number of fused-ring (bicyclic) bond motifs is 2. The molecule has 0 aliphatic carbocycles. The average Bonchev–Trinajstić information content (AvgIpc) is 3.33. The summed E-state index contributed by atoms with van der Waals surface area (Å²) in [6.07, 6.45) is 3.74. The van der Waals surface area contributed by atoms with Gasteiger partial charge in [-0.05, 0) is 24.3 Å². The fourth-order valence-corrected chi connectivity index (χ4v) is 3.57. The van der Waals surface area contributed by atoms with Crippen molar-refractivity contribution < 1.29 is 9.53 Å². The summed E-state index contributed by atoms with van der Waals surface area (Å²) < 4.78 is 5.38. The minimum absolute atomic E-state index is 0.0269. The summed E-state index contributed by atoms with van der Waals surface area (Å²) in [6.45, 7) is 4.09. The summed E-state index contributed by atoms with van der Waals surface area (Å²) in [4.78, 5) is 29.2. The Morgan fingerprint density at radius 2 is 2.04 bits per heavy atom. The van der Waals surface area contributed by atoms with Crippen molar-refractivity contribution in [2.45, 2.75) is 13.1 Å². The van der Waals surface area contributed by atoms with Crippen LogP contribution in [-0.4, -0.2) is 52.1 Å². The van der Waals surface area contributed by atoms with Crippen molar-refractivity contribution in [2.24, 2.45) is 0 Å². The fourth-order valence-electron chi connectivity index (χ4n) is 3.57. The molecule has 1 aromatic carbocycles. The van der Waals surface area contributed by atoms with Gasteiger partial charge >= 0.3 is 0 Å². The largest absolute Gasteiger partial charge is 0.378 e. The highest BCUT2D eigenvalue weighted by Gasteiger charge is 2.27. The lowest BCUT2D eigenvalue weighted by atomic mass is 10.1. The first-order valence-electron chi connectivity index (χ1n) is 8.82. The highest BCUT2D eigenvalue weighted by Crippen LogP contribution is 2.25. The molecule has 0 unspecified atom stereocenters. The van der Waals surface area contributed by atoms with Gasteiger partial charge in [0.15, 0.2) is 0 Å². The average molecular weight is 349 g/mol. The van der Waals surface area contributed by atoms with E-state index in [4.69, 9.17) is 9.72 Å². The molecule has 0 bridgehead atoms. The first-order valence-corrected chi connectivity index (χ1v) is 8.82. The third-order valence-corrected chi connectivity index (χ3v) is 5.02. The van der Waals surface area contributed by atoms with Gasteiger partial charge < -0.3 is 19.5 Å². The van der Waals surface area contributed by atoms with Crippen LogP contribution in [0.2, 0.25) is 0 Å². The molecule has 7 heteroatoms. The van der Waals surface area contributed by atoms with E-state index in [2.05, 4.69) is 14.9 Å². The number of nitrogens with zero attached hydrogens (tertiary/aromatic N) is 4. The number of H-pyrrole nitrogens is 1. The second-order valence-electron chi connectivity index (χ2n) is 6.68. The number of hydrogen-bond donors (Lipinski definition) is 1.